The Morgan fingerprint density at radius 2 is 1.95 bits per heavy atom. The van der Waals surface area contributed by atoms with Crippen LogP contribution in [0.1, 0.15) is 5.56 Å². The number of aliphatic imine (C=N–C) groups is 1. The van der Waals surface area contributed by atoms with E-state index >= 15 is 0 Å². The van der Waals surface area contributed by atoms with Crippen molar-refractivity contribution in [3.8, 4) is 0 Å². The molecule has 0 aromatic heterocycles. The number of amides is 2. The van der Waals surface area contributed by atoms with Crippen molar-refractivity contribution >= 4 is 23.0 Å². The highest BCUT2D eigenvalue weighted by molar-refractivity contribution is 8.16. The minimum Gasteiger partial charge on any atom is -0.301 e. The molecule has 0 unspecified atom stereocenters. The second kappa shape index (κ2) is 4.27. The van der Waals surface area contributed by atoms with Crippen LogP contribution in [0, 0.1) is 0 Å². The fourth-order valence-electron chi connectivity index (χ4n) is 2.01. The van der Waals surface area contributed by atoms with Crippen LogP contribution in [0.3, 0.4) is 0 Å². The first-order valence-corrected chi connectivity index (χ1v) is 6.49. The quantitative estimate of drug-likeness (QED) is 0.866. The topological polar surface area (TPSA) is 44.7 Å². The zero-order valence-corrected chi connectivity index (χ0v) is 10.7. The Kier molecular flexibility index (Phi) is 2.79. The number of carbonyl (C=O) groups is 1. The van der Waals surface area contributed by atoms with Crippen LogP contribution in [-0.2, 0) is 5.66 Å². The highest BCUT2D eigenvalue weighted by atomic mass is 32.2. The molecule has 2 heterocycles. The molecule has 0 saturated heterocycles. The van der Waals surface area contributed by atoms with Gasteiger partial charge in [0.25, 0.3) is 5.66 Å². The molecule has 3 rings (SSSR count). The van der Waals surface area contributed by atoms with Gasteiger partial charge in [-0.1, -0.05) is 42.1 Å². The number of halogens is 3. The Bertz CT molecular complexity index is 614. The first-order valence-electron chi connectivity index (χ1n) is 5.61. The molecule has 4 nitrogen and oxygen atoms in total. The number of rotatable bonds is 1. The van der Waals surface area contributed by atoms with Crippen LogP contribution in [0.15, 0.2) is 46.9 Å². The highest BCUT2D eigenvalue weighted by Gasteiger charge is 2.60. The summed E-state index contributed by atoms with van der Waals surface area (Å²) in [6.45, 7) is 0. The summed E-state index contributed by atoms with van der Waals surface area (Å²) in [5.41, 5.74) is -2.86. The van der Waals surface area contributed by atoms with E-state index in [1.165, 1.54) is 35.9 Å². The number of urea groups is 1. The Hall–Kier alpha value is -1.96. The molecule has 0 bridgehead atoms. The van der Waals surface area contributed by atoms with E-state index in [0.29, 0.717) is 0 Å². The lowest BCUT2D eigenvalue weighted by molar-refractivity contribution is -0.196. The molecule has 1 aromatic rings. The van der Waals surface area contributed by atoms with Gasteiger partial charge in [-0.25, -0.2) is 14.7 Å². The van der Waals surface area contributed by atoms with E-state index in [-0.39, 0.29) is 10.7 Å². The number of hydrogen-bond acceptors (Lipinski definition) is 3. The molecule has 0 radical (unpaired) electrons. The summed E-state index contributed by atoms with van der Waals surface area (Å²) in [6, 6.07) is 6.28. The zero-order valence-electron chi connectivity index (χ0n) is 9.89. The van der Waals surface area contributed by atoms with Crippen molar-refractivity contribution in [3.05, 3.63) is 47.5 Å². The third-order valence-corrected chi connectivity index (χ3v) is 3.72. The van der Waals surface area contributed by atoms with E-state index in [9.17, 15) is 18.0 Å². The van der Waals surface area contributed by atoms with E-state index in [1.807, 2.05) is 5.32 Å². The molecule has 104 valence electrons. The average Bonchev–Trinajstić information content (AvgIpc) is 2.87. The van der Waals surface area contributed by atoms with Gasteiger partial charge in [0.05, 0.1) is 0 Å². The average molecular weight is 299 g/mol. The number of hydrogen-bond donors (Lipinski definition) is 1. The van der Waals surface area contributed by atoms with Crippen LogP contribution in [0.4, 0.5) is 18.0 Å². The van der Waals surface area contributed by atoms with E-state index in [0.717, 1.165) is 16.7 Å². The monoisotopic (exact) mass is 299 g/mol. The number of alkyl halides is 3. The summed E-state index contributed by atoms with van der Waals surface area (Å²) in [6.07, 6.45) is -3.36. The van der Waals surface area contributed by atoms with Crippen LogP contribution in [-0.4, -0.2) is 22.3 Å². The van der Waals surface area contributed by atoms with E-state index in [1.54, 1.807) is 6.07 Å². The van der Waals surface area contributed by atoms with E-state index in [2.05, 4.69) is 4.99 Å². The van der Waals surface area contributed by atoms with Gasteiger partial charge < -0.3 is 5.32 Å². The summed E-state index contributed by atoms with van der Waals surface area (Å²) in [7, 11) is 0. The van der Waals surface area contributed by atoms with Gasteiger partial charge in [-0.3, -0.25) is 0 Å². The fraction of sp³-hybridized carbons (Fsp3) is 0.167. The Balaban J connectivity index is 2.19. The maximum Gasteiger partial charge on any atom is 0.436 e. The van der Waals surface area contributed by atoms with Crippen molar-refractivity contribution in [2.45, 2.75) is 11.8 Å². The smallest absolute Gasteiger partial charge is 0.301 e. The third-order valence-electron chi connectivity index (χ3n) is 2.96. The van der Waals surface area contributed by atoms with Gasteiger partial charge in [0, 0.05) is 11.8 Å². The normalized spacial score (nSPS) is 25.2. The lowest BCUT2D eigenvalue weighted by atomic mass is 9.99. The zero-order chi connectivity index (χ0) is 14.4. The second-order valence-electron chi connectivity index (χ2n) is 4.17. The molecule has 0 fully saturated rings. The summed E-state index contributed by atoms with van der Waals surface area (Å²) in [5.74, 6) is 0. The van der Waals surface area contributed by atoms with Gasteiger partial charge in [0.2, 0.25) is 0 Å². The molecular weight excluding hydrogens is 291 g/mol. The fourth-order valence-corrected chi connectivity index (χ4v) is 2.76. The van der Waals surface area contributed by atoms with Crippen molar-refractivity contribution in [2.75, 3.05) is 0 Å². The maximum atomic E-state index is 13.5. The molecule has 0 aliphatic carbocycles. The largest absolute Gasteiger partial charge is 0.436 e. The molecule has 1 aromatic carbocycles. The van der Waals surface area contributed by atoms with Crippen LogP contribution in [0.5, 0.6) is 0 Å². The van der Waals surface area contributed by atoms with Crippen LogP contribution >= 0.6 is 11.8 Å². The van der Waals surface area contributed by atoms with Gasteiger partial charge in [-0.15, -0.1) is 0 Å². The van der Waals surface area contributed by atoms with Crippen LogP contribution < -0.4 is 5.32 Å². The number of nitrogens with one attached hydrogen (secondary N) is 1. The van der Waals surface area contributed by atoms with Crippen molar-refractivity contribution in [1.29, 1.82) is 0 Å². The minimum absolute atomic E-state index is 0.00919. The second-order valence-corrected chi connectivity index (χ2v) is 5.04. The van der Waals surface area contributed by atoms with Crippen molar-refractivity contribution < 1.29 is 18.0 Å². The number of benzene rings is 1. The highest BCUT2D eigenvalue weighted by Crippen LogP contribution is 2.43. The number of nitrogens with zero attached hydrogens (tertiary/aromatic N) is 2. The summed E-state index contributed by atoms with van der Waals surface area (Å²) >= 11 is 0.978. The van der Waals surface area contributed by atoms with E-state index < -0.39 is 17.9 Å². The van der Waals surface area contributed by atoms with Gasteiger partial charge in [0.15, 0.2) is 5.17 Å². The Morgan fingerprint density at radius 1 is 1.25 bits per heavy atom. The summed E-state index contributed by atoms with van der Waals surface area (Å²) in [4.78, 5) is 16.7. The molecule has 0 saturated carbocycles. The molecule has 2 aliphatic rings. The Labute approximate surface area is 116 Å². The third kappa shape index (κ3) is 1.79. The predicted octanol–water partition coefficient (Wildman–Crippen LogP) is 3.00. The molecule has 2 amide bonds. The summed E-state index contributed by atoms with van der Waals surface area (Å²) < 4.78 is 40.6. The first-order chi connectivity index (χ1) is 9.44. The van der Waals surface area contributed by atoms with Gasteiger partial charge >= 0.3 is 12.2 Å². The lowest BCUT2D eigenvalue weighted by Crippen LogP contribution is -2.61. The number of carbonyl (C=O) groups excluding carboxylic acids is 1. The SMILES string of the molecule is O=C1N[C@@](c2ccccc2)(C(F)(F)F)N=C2SC=CN12. The molecule has 1 N–H and O–H groups in total. The molecule has 2 aliphatic heterocycles. The summed E-state index contributed by atoms with van der Waals surface area (Å²) in [5, 5.41) is 3.49. The van der Waals surface area contributed by atoms with Crippen molar-refractivity contribution in [1.82, 2.24) is 10.2 Å². The van der Waals surface area contributed by atoms with Gasteiger partial charge in [0.1, 0.15) is 0 Å². The number of amidine groups is 1. The van der Waals surface area contributed by atoms with Crippen LogP contribution in [0.2, 0.25) is 0 Å². The van der Waals surface area contributed by atoms with E-state index in [4.69, 9.17) is 0 Å². The lowest BCUT2D eigenvalue weighted by Gasteiger charge is -2.38. The van der Waals surface area contributed by atoms with Crippen molar-refractivity contribution in [3.63, 3.8) is 0 Å². The molecular formula is C12H8F3N3OS. The van der Waals surface area contributed by atoms with Crippen LogP contribution in [0.25, 0.3) is 0 Å². The number of thioether (sulfide) groups is 1. The predicted molar refractivity (Wildman–Crippen MR) is 68.7 cm³/mol. The standard InChI is InChI=1S/C12H8F3N3OS/c13-12(14,15)11(8-4-2-1-3-5-8)16-9(19)18-6-7-20-10(18)17-11/h1-7H,(H,16,19)/t11-/m1/s1. The molecule has 8 heteroatoms. The molecule has 20 heavy (non-hydrogen) atoms. The van der Waals surface area contributed by atoms with Gasteiger partial charge in [-0.05, 0) is 5.41 Å². The maximum absolute atomic E-state index is 13.5. The van der Waals surface area contributed by atoms with Crippen molar-refractivity contribution in [2.24, 2.45) is 4.99 Å². The van der Waals surface area contributed by atoms with Gasteiger partial charge in [-0.2, -0.15) is 13.2 Å². The first kappa shape index (κ1) is 13.0. The Morgan fingerprint density at radius 3 is 2.60 bits per heavy atom. The minimum atomic E-state index is -4.74. The molecule has 0 spiro atoms. The molecule has 1 atom stereocenters. The number of fused-ring (bicyclic) bond motifs is 1.